The van der Waals surface area contributed by atoms with E-state index in [1.54, 1.807) is 0 Å². The molecule has 0 aromatic heterocycles. The zero-order valence-electron chi connectivity index (χ0n) is 12.9. The Morgan fingerprint density at radius 1 is 0.529 bits per heavy atom. The van der Waals surface area contributed by atoms with Crippen LogP contribution in [0.1, 0.15) is 54.9 Å². The van der Waals surface area contributed by atoms with Crippen LogP contribution in [0.2, 0.25) is 0 Å². The van der Waals surface area contributed by atoms with Crippen molar-refractivity contribution < 1.29 is 0 Å². The van der Waals surface area contributed by atoms with E-state index in [1.165, 1.54) is 6.42 Å². The van der Waals surface area contributed by atoms with Crippen molar-refractivity contribution in [3.8, 4) is 0 Å². The van der Waals surface area contributed by atoms with Crippen LogP contribution in [-0.2, 0) is 0 Å². The van der Waals surface area contributed by atoms with Gasteiger partial charge in [-0.3, -0.25) is 0 Å². The van der Waals surface area contributed by atoms with Gasteiger partial charge in [-0.2, -0.15) is 0 Å². The summed E-state index contributed by atoms with van der Waals surface area (Å²) < 4.78 is 0. The van der Waals surface area contributed by atoms with E-state index >= 15 is 0 Å². The molecule has 0 spiro atoms. The molecule has 0 heteroatoms. The zero-order valence-corrected chi connectivity index (χ0v) is 12.9. The van der Waals surface area contributed by atoms with Crippen LogP contribution in [0.15, 0.2) is 0 Å². The third-order valence-electron chi connectivity index (χ3n) is 7.24. The van der Waals surface area contributed by atoms with E-state index in [4.69, 9.17) is 0 Å². The first-order valence-electron chi connectivity index (χ1n) is 7.86. The van der Waals surface area contributed by atoms with Crippen LogP contribution in [0.25, 0.3) is 0 Å². The van der Waals surface area contributed by atoms with Crippen LogP contribution < -0.4 is 0 Å². The molecule has 2 rings (SSSR count). The maximum absolute atomic E-state index is 2.53. The summed E-state index contributed by atoms with van der Waals surface area (Å²) in [4.78, 5) is 0. The molecule has 0 aromatic rings. The maximum atomic E-state index is 2.53. The molecule has 0 aliphatic heterocycles. The van der Waals surface area contributed by atoms with Crippen molar-refractivity contribution in [2.75, 3.05) is 0 Å². The number of fused-ring (bicyclic) bond motifs is 1. The first-order valence-corrected chi connectivity index (χ1v) is 7.86. The van der Waals surface area contributed by atoms with Crippen molar-refractivity contribution in [3.05, 3.63) is 0 Å². The highest BCUT2D eigenvalue weighted by Gasteiger charge is 2.49. The van der Waals surface area contributed by atoms with Gasteiger partial charge in [-0.25, -0.2) is 0 Å². The minimum absolute atomic E-state index is 0.911. The summed E-state index contributed by atoms with van der Waals surface area (Å²) in [5, 5.41) is 0. The Kier molecular flexibility index (Phi) is 3.63. The molecule has 0 nitrogen and oxygen atoms in total. The third-order valence-corrected chi connectivity index (χ3v) is 7.24. The average molecular weight is 236 g/mol. The molecule has 2 aliphatic carbocycles. The molecular formula is C17H32. The number of hydrogen-bond acceptors (Lipinski definition) is 0. The molecule has 0 N–H and O–H groups in total. The van der Waals surface area contributed by atoms with Crippen LogP contribution in [0.4, 0.5) is 0 Å². The second kappa shape index (κ2) is 4.59. The average Bonchev–Trinajstić information content (AvgIpc) is 2.30. The summed E-state index contributed by atoms with van der Waals surface area (Å²) in [5.41, 5.74) is 0. The highest BCUT2D eigenvalue weighted by molar-refractivity contribution is 4.97. The summed E-state index contributed by atoms with van der Waals surface area (Å²) in [6.07, 6.45) is 1.48. The summed E-state index contributed by atoms with van der Waals surface area (Å²) in [6, 6.07) is 0. The molecule has 2 saturated carbocycles. The molecule has 0 radical (unpaired) electrons. The molecule has 9 atom stereocenters. The van der Waals surface area contributed by atoms with Gasteiger partial charge in [0, 0.05) is 0 Å². The number of hydrogen-bond donors (Lipinski definition) is 0. The molecule has 0 aromatic carbocycles. The van der Waals surface area contributed by atoms with Gasteiger partial charge in [0.1, 0.15) is 0 Å². The van der Waals surface area contributed by atoms with Crippen LogP contribution in [-0.4, -0.2) is 0 Å². The Bertz CT molecular complexity index is 265. The van der Waals surface area contributed by atoms with E-state index in [2.05, 4.69) is 48.5 Å². The molecule has 17 heavy (non-hydrogen) atoms. The molecule has 2 fully saturated rings. The predicted octanol–water partition coefficient (Wildman–Crippen LogP) is 5.09. The van der Waals surface area contributed by atoms with E-state index in [0.29, 0.717) is 0 Å². The molecular weight excluding hydrogens is 204 g/mol. The van der Waals surface area contributed by atoms with Gasteiger partial charge in [-0.1, -0.05) is 48.5 Å². The van der Waals surface area contributed by atoms with E-state index in [9.17, 15) is 0 Å². The van der Waals surface area contributed by atoms with E-state index in [1.807, 2.05) is 0 Å². The van der Waals surface area contributed by atoms with Crippen molar-refractivity contribution in [1.29, 1.82) is 0 Å². The van der Waals surface area contributed by atoms with E-state index in [-0.39, 0.29) is 0 Å². The van der Waals surface area contributed by atoms with Gasteiger partial charge in [0.25, 0.3) is 0 Å². The monoisotopic (exact) mass is 236 g/mol. The van der Waals surface area contributed by atoms with Crippen molar-refractivity contribution in [3.63, 3.8) is 0 Å². The normalized spacial score (nSPS) is 59.8. The largest absolute Gasteiger partial charge is 0.0622 e. The highest BCUT2D eigenvalue weighted by Crippen LogP contribution is 2.55. The summed E-state index contributed by atoms with van der Waals surface area (Å²) >= 11 is 0. The van der Waals surface area contributed by atoms with Gasteiger partial charge in [-0.05, 0) is 59.7 Å². The Hall–Kier alpha value is 0. The van der Waals surface area contributed by atoms with Gasteiger partial charge < -0.3 is 0 Å². The fourth-order valence-corrected chi connectivity index (χ4v) is 5.19. The zero-order chi connectivity index (χ0) is 12.9. The SMILES string of the molecule is C[C@@H]1[C@H](C)[C@H](C)[C@@H]2C[C@H](C)[C@H](C)[C@H](C)[C@@H]2[C@@H]1C. The minimum Gasteiger partial charge on any atom is -0.0622 e. The molecule has 0 amide bonds. The molecule has 0 saturated heterocycles. The van der Waals surface area contributed by atoms with E-state index in [0.717, 1.165) is 53.3 Å². The smallest absolute Gasteiger partial charge is 0.0326 e. The summed E-state index contributed by atoms with van der Waals surface area (Å²) in [6.45, 7) is 17.6. The van der Waals surface area contributed by atoms with Crippen molar-refractivity contribution >= 4 is 0 Å². The van der Waals surface area contributed by atoms with Crippen molar-refractivity contribution in [2.45, 2.75) is 54.9 Å². The molecule has 0 unspecified atom stereocenters. The van der Waals surface area contributed by atoms with E-state index < -0.39 is 0 Å². The minimum atomic E-state index is 0.911. The third kappa shape index (κ3) is 1.96. The Morgan fingerprint density at radius 3 is 1.59 bits per heavy atom. The quantitative estimate of drug-likeness (QED) is 0.549. The predicted molar refractivity (Wildman–Crippen MR) is 75.7 cm³/mol. The lowest BCUT2D eigenvalue weighted by Crippen LogP contribution is -2.50. The van der Waals surface area contributed by atoms with Gasteiger partial charge in [0.2, 0.25) is 0 Å². The Balaban J connectivity index is 2.28. The van der Waals surface area contributed by atoms with Crippen LogP contribution in [0.3, 0.4) is 0 Å². The second-order valence-corrected chi connectivity index (χ2v) is 7.61. The van der Waals surface area contributed by atoms with Crippen LogP contribution >= 0.6 is 0 Å². The first-order chi connectivity index (χ1) is 7.86. The lowest BCUT2D eigenvalue weighted by atomic mass is 9.49. The van der Waals surface area contributed by atoms with Gasteiger partial charge in [-0.15, -0.1) is 0 Å². The van der Waals surface area contributed by atoms with Gasteiger partial charge in [0.05, 0.1) is 0 Å². The number of rotatable bonds is 0. The molecule has 0 heterocycles. The molecule has 0 bridgehead atoms. The second-order valence-electron chi connectivity index (χ2n) is 7.61. The maximum Gasteiger partial charge on any atom is -0.0326 e. The fourth-order valence-electron chi connectivity index (χ4n) is 5.19. The molecule has 2 aliphatic rings. The topological polar surface area (TPSA) is 0 Å². The van der Waals surface area contributed by atoms with Crippen molar-refractivity contribution in [1.82, 2.24) is 0 Å². The summed E-state index contributed by atoms with van der Waals surface area (Å²) in [5.74, 6) is 8.46. The lowest BCUT2D eigenvalue weighted by Gasteiger charge is -2.56. The van der Waals surface area contributed by atoms with Crippen molar-refractivity contribution in [2.24, 2.45) is 53.3 Å². The lowest BCUT2D eigenvalue weighted by molar-refractivity contribution is -0.0760. The van der Waals surface area contributed by atoms with Crippen LogP contribution in [0.5, 0.6) is 0 Å². The standard InChI is InChI=1S/C17H32/c1-9-8-16-13(5)11(3)12(4)15(7)17(16)14(6)10(9)2/h9-17H,8H2,1-7H3/t9-,10-,11-,12+,13-,14-,15+,16-,17+/m0/s1. The van der Waals surface area contributed by atoms with Crippen LogP contribution in [0, 0.1) is 53.3 Å². The van der Waals surface area contributed by atoms with Gasteiger partial charge in [0.15, 0.2) is 0 Å². The Labute approximate surface area is 109 Å². The molecule has 100 valence electrons. The fraction of sp³-hybridized carbons (Fsp3) is 1.00. The first kappa shape index (κ1) is 13.4. The van der Waals surface area contributed by atoms with Gasteiger partial charge >= 0.3 is 0 Å². The summed E-state index contributed by atoms with van der Waals surface area (Å²) in [7, 11) is 0. The highest BCUT2D eigenvalue weighted by atomic mass is 14.5. The Morgan fingerprint density at radius 2 is 1.00 bits per heavy atom.